The third-order valence-electron chi connectivity index (χ3n) is 3.81. The van der Waals surface area contributed by atoms with Crippen LogP contribution in [0.2, 0.25) is 0 Å². The lowest BCUT2D eigenvalue weighted by atomic mass is 10.1. The maximum atomic E-state index is 12.0. The molecule has 0 saturated carbocycles. The molecule has 2 rings (SSSR count). The Labute approximate surface area is 166 Å². The summed E-state index contributed by atoms with van der Waals surface area (Å²) < 4.78 is 5.15. The number of benzene rings is 2. The minimum absolute atomic E-state index is 0.0936. The highest BCUT2D eigenvalue weighted by Gasteiger charge is 2.20. The summed E-state index contributed by atoms with van der Waals surface area (Å²) in [5.74, 6) is -2.58. The molecule has 0 aliphatic rings. The van der Waals surface area contributed by atoms with E-state index < -0.39 is 28.2 Å². The Balaban J connectivity index is 2.04. The molecule has 0 fully saturated rings. The van der Waals surface area contributed by atoms with Crippen LogP contribution in [0.1, 0.15) is 31.0 Å². The molecule has 0 bridgehead atoms. The van der Waals surface area contributed by atoms with Crippen molar-refractivity contribution in [1.82, 2.24) is 10.7 Å². The number of nitro benzene ring substituents is 1. The van der Waals surface area contributed by atoms with E-state index in [9.17, 15) is 24.8 Å². The summed E-state index contributed by atoms with van der Waals surface area (Å²) >= 11 is 0. The molecule has 0 unspecified atom stereocenters. The second-order valence-electron chi connectivity index (χ2n) is 5.88. The molecule has 0 heterocycles. The smallest absolute Gasteiger partial charge is 0.329 e. The Morgan fingerprint density at radius 1 is 1.28 bits per heavy atom. The van der Waals surface area contributed by atoms with Crippen LogP contribution >= 0.6 is 0 Å². The van der Waals surface area contributed by atoms with Crippen molar-refractivity contribution in [3.8, 4) is 11.5 Å². The molecule has 1 atom stereocenters. The summed E-state index contributed by atoms with van der Waals surface area (Å²) in [6, 6.07) is 11.1. The maximum absolute atomic E-state index is 12.0. The van der Waals surface area contributed by atoms with Gasteiger partial charge in [0.2, 0.25) is 5.75 Å². The Hall–Kier alpha value is -3.95. The highest BCUT2D eigenvalue weighted by Crippen LogP contribution is 2.36. The molecule has 152 valence electrons. The van der Waals surface area contributed by atoms with Crippen molar-refractivity contribution in [2.45, 2.75) is 19.9 Å². The molecule has 0 radical (unpaired) electrons. The number of rotatable bonds is 7. The molecule has 0 saturated heterocycles. The third-order valence-corrected chi connectivity index (χ3v) is 3.81. The molecule has 10 heteroatoms. The molecule has 0 aliphatic heterocycles. The number of carbonyl (C=O) groups excluding carboxylic acids is 2. The second kappa shape index (κ2) is 9.83. The van der Waals surface area contributed by atoms with Gasteiger partial charge in [0, 0.05) is 11.6 Å². The van der Waals surface area contributed by atoms with E-state index in [-0.39, 0.29) is 24.0 Å². The number of nitro groups is 1. The fraction of sp³-hybridized carbons (Fsp3) is 0.211. The van der Waals surface area contributed by atoms with Crippen LogP contribution in [0.3, 0.4) is 0 Å². The molecule has 10 nitrogen and oxygen atoms in total. The van der Waals surface area contributed by atoms with Gasteiger partial charge in [-0.15, -0.1) is 0 Å². The first-order valence-electron chi connectivity index (χ1n) is 8.66. The van der Waals surface area contributed by atoms with Gasteiger partial charge in [-0.2, -0.15) is 5.10 Å². The van der Waals surface area contributed by atoms with Gasteiger partial charge in [0.05, 0.1) is 23.8 Å². The SMILES string of the molecule is CCOc1cc(/C=N\NC(=O)C(=O)N[C@H](C)c2ccccc2)cc([N+](=O)[O-])c1O. The minimum Gasteiger partial charge on any atom is -0.500 e. The zero-order chi connectivity index (χ0) is 21.4. The predicted molar refractivity (Wildman–Crippen MR) is 105 cm³/mol. The quantitative estimate of drug-likeness (QED) is 0.281. The van der Waals surface area contributed by atoms with Crippen molar-refractivity contribution in [2.24, 2.45) is 5.10 Å². The van der Waals surface area contributed by atoms with Gasteiger partial charge < -0.3 is 15.2 Å². The lowest BCUT2D eigenvalue weighted by Gasteiger charge is -2.13. The first-order chi connectivity index (χ1) is 13.8. The van der Waals surface area contributed by atoms with Crippen LogP contribution in [0, 0.1) is 10.1 Å². The Kier molecular flexibility index (Phi) is 7.24. The van der Waals surface area contributed by atoms with Gasteiger partial charge in [-0.1, -0.05) is 30.3 Å². The zero-order valence-corrected chi connectivity index (χ0v) is 15.8. The van der Waals surface area contributed by atoms with E-state index in [4.69, 9.17) is 4.74 Å². The van der Waals surface area contributed by atoms with Gasteiger partial charge in [-0.25, -0.2) is 5.43 Å². The number of carbonyl (C=O) groups is 2. The summed E-state index contributed by atoms with van der Waals surface area (Å²) in [6.07, 6.45) is 1.10. The second-order valence-corrected chi connectivity index (χ2v) is 5.88. The van der Waals surface area contributed by atoms with Crippen LogP contribution in [0.4, 0.5) is 5.69 Å². The lowest BCUT2D eigenvalue weighted by molar-refractivity contribution is -0.386. The largest absolute Gasteiger partial charge is 0.500 e. The van der Waals surface area contributed by atoms with Crippen molar-refractivity contribution in [1.29, 1.82) is 0 Å². The number of hydrazone groups is 1. The summed E-state index contributed by atoms with van der Waals surface area (Å²) in [4.78, 5) is 34.1. The van der Waals surface area contributed by atoms with E-state index in [1.54, 1.807) is 13.8 Å². The topological polar surface area (TPSA) is 143 Å². The number of ether oxygens (including phenoxy) is 1. The number of phenols is 1. The van der Waals surface area contributed by atoms with Gasteiger partial charge in [-0.3, -0.25) is 19.7 Å². The summed E-state index contributed by atoms with van der Waals surface area (Å²) in [5, 5.41) is 27.1. The summed E-state index contributed by atoms with van der Waals surface area (Å²) in [7, 11) is 0. The van der Waals surface area contributed by atoms with E-state index in [1.165, 1.54) is 6.07 Å². The average Bonchev–Trinajstić information content (AvgIpc) is 2.70. The molecule has 2 aromatic rings. The standard InChI is InChI=1S/C19H20N4O6/c1-3-29-16-10-13(9-15(17(16)24)23(27)28)11-20-22-19(26)18(25)21-12(2)14-7-5-4-6-8-14/h4-12,24H,3H2,1-2H3,(H,21,25)(H,22,26)/b20-11-/t12-/m1/s1. The molecule has 0 aromatic heterocycles. The third kappa shape index (κ3) is 5.76. The van der Waals surface area contributed by atoms with Gasteiger partial charge in [0.25, 0.3) is 0 Å². The molecule has 0 aliphatic carbocycles. The van der Waals surface area contributed by atoms with Crippen LogP contribution in [-0.2, 0) is 9.59 Å². The number of hydrogen-bond donors (Lipinski definition) is 3. The van der Waals surface area contributed by atoms with Crippen molar-refractivity contribution < 1.29 is 24.4 Å². The van der Waals surface area contributed by atoms with E-state index in [1.807, 2.05) is 35.8 Å². The van der Waals surface area contributed by atoms with Gasteiger partial charge in [0.1, 0.15) is 0 Å². The number of hydrogen-bond acceptors (Lipinski definition) is 7. The highest BCUT2D eigenvalue weighted by atomic mass is 16.6. The molecule has 29 heavy (non-hydrogen) atoms. The maximum Gasteiger partial charge on any atom is 0.329 e. The van der Waals surface area contributed by atoms with Gasteiger partial charge >= 0.3 is 17.5 Å². The Bertz CT molecular complexity index is 930. The van der Waals surface area contributed by atoms with E-state index >= 15 is 0 Å². The van der Waals surface area contributed by atoms with Crippen molar-refractivity contribution >= 4 is 23.7 Å². The average molecular weight is 400 g/mol. The van der Waals surface area contributed by atoms with Gasteiger partial charge in [-0.05, 0) is 25.5 Å². The molecular formula is C19H20N4O6. The van der Waals surface area contributed by atoms with Crippen molar-refractivity contribution in [3.05, 3.63) is 63.7 Å². The lowest BCUT2D eigenvalue weighted by Crippen LogP contribution is -2.39. The Morgan fingerprint density at radius 2 is 1.97 bits per heavy atom. The number of phenolic OH excluding ortho intramolecular Hbond substituents is 1. The molecule has 3 N–H and O–H groups in total. The predicted octanol–water partition coefficient (Wildman–Crippen LogP) is 2.03. The number of nitrogens with one attached hydrogen (secondary N) is 2. The summed E-state index contributed by atoms with van der Waals surface area (Å²) in [6.45, 7) is 3.57. The Morgan fingerprint density at radius 3 is 2.59 bits per heavy atom. The summed E-state index contributed by atoms with van der Waals surface area (Å²) in [5.41, 5.74) is 2.50. The normalized spacial score (nSPS) is 11.7. The molecular weight excluding hydrogens is 380 g/mol. The van der Waals surface area contributed by atoms with Crippen LogP contribution < -0.4 is 15.5 Å². The molecule has 0 spiro atoms. The number of aromatic hydroxyl groups is 1. The van der Waals surface area contributed by atoms with Crippen LogP contribution in [0.15, 0.2) is 47.6 Å². The fourth-order valence-corrected chi connectivity index (χ4v) is 2.40. The van der Waals surface area contributed by atoms with Crippen molar-refractivity contribution in [2.75, 3.05) is 6.61 Å². The van der Waals surface area contributed by atoms with Gasteiger partial charge in [0.15, 0.2) is 5.75 Å². The van der Waals surface area contributed by atoms with Crippen LogP contribution in [0.25, 0.3) is 0 Å². The van der Waals surface area contributed by atoms with E-state index in [0.29, 0.717) is 0 Å². The zero-order valence-electron chi connectivity index (χ0n) is 15.8. The van der Waals surface area contributed by atoms with E-state index in [0.717, 1.165) is 17.8 Å². The highest BCUT2D eigenvalue weighted by molar-refractivity contribution is 6.35. The fourth-order valence-electron chi connectivity index (χ4n) is 2.40. The minimum atomic E-state index is -0.998. The number of amides is 2. The van der Waals surface area contributed by atoms with Crippen LogP contribution in [-0.4, -0.2) is 34.7 Å². The van der Waals surface area contributed by atoms with Crippen molar-refractivity contribution in [3.63, 3.8) is 0 Å². The van der Waals surface area contributed by atoms with E-state index in [2.05, 4.69) is 10.4 Å². The first-order valence-corrected chi connectivity index (χ1v) is 8.66. The van der Waals surface area contributed by atoms with Crippen LogP contribution in [0.5, 0.6) is 11.5 Å². The number of nitrogens with zero attached hydrogens (tertiary/aromatic N) is 2. The first kappa shape index (κ1) is 21.4. The molecule has 2 aromatic carbocycles. The molecule has 2 amide bonds. The monoisotopic (exact) mass is 400 g/mol.